The SMILES string of the molecule is CC1CC(C)(C)CC1NCCc1ccc(F)cc1. The Morgan fingerprint density at radius 2 is 1.89 bits per heavy atom. The van der Waals surface area contributed by atoms with E-state index < -0.39 is 0 Å². The van der Waals surface area contributed by atoms with Crippen molar-refractivity contribution in [3.63, 3.8) is 0 Å². The van der Waals surface area contributed by atoms with Crippen molar-refractivity contribution in [1.82, 2.24) is 5.32 Å². The second kappa shape index (κ2) is 5.40. The van der Waals surface area contributed by atoms with E-state index in [0.717, 1.165) is 18.9 Å². The van der Waals surface area contributed by atoms with Gasteiger partial charge in [0.25, 0.3) is 0 Å². The number of rotatable bonds is 4. The topological polar surface area (TPSA) is 12.0 Å². The third kappa shape index (κ3) is 3.55. The van der Waals surface area contributed by atoms with Crippen molar-refractivity contribution in [1.29, 1.82) is 0 Å². The molecule has 2 heteroatoms. The quantitative estimate of drug-likeness (QED) is 0.856. The Bertz CT molecular complexity index is 383. The molecule has 2 unspecified atom stereocenters. The number of benzene rings is 1. The second-order valence-corrected chi connectivity index (χ2v) is 6.49. The lowest BCUT2D eigenvalue weighted by Crippen LogP contribution is -2.33. The van der Waals surface area contributed by atoms with Crippen LogP contribution in [0.25, 0.3) is 0 Å². The summed E-state index contributed by atoms with van der Waals surface area (Å²) in [7, 11) is 0. The van der Waals surface area contributed by atoms with Gasteiger partial charge in [-0.2, -0.15) is 0 Å². The predicted octanol–water partition coefficient (Wildman–Crippen LogP) is 3.78. The molecular weight excluding hydrogens is 225 g/mol. The Kier molecular flexibility index (Phi) is 4.06. The van der Waals surface area contributed by atoms with E-state index in [2.05, 4.69) is 26.1 Å². The Morgan fingerprint density at radius 3 is 2.44 bits per heavy atom. The van der Waals surface area contributed by atoms with Crippen molar-refractivity contribution in [3.8, 4) is 0 Å². The highest BCUT2D eigenvalue weighted by molar-refractivity contribution is 5.16. The van der Waals surface area contributed by atoms with Gasteiger partial charge in [0, 0.05) is 6.04 Å². The summed E-state index contributed by atoms with van der Waals surface area (Å²) in [5, 5.41) is 3.66. The lowest BCUT2D eigenvalue weighted by Gasteiger charge is -2.18. The van der Waals surface area contributed by atoms with Crippen molar-refractivity contribution in [2.45, 2.75) is 46.1 Å². The van der Waals surface area contributed by atoms with E-state index in [9.17, 15) is 4.39 Å². The van der Waals surface area contributed by atoms with Gasteiger partial charge in [-0.05, 0) is 54.8 Å². The van der Waals surface area contributed by atoms with Gasteiger partial charge in [0.2, 0.25) is 0 Å². The summed E-state index contributed by atoms with van der Waals surface area (Å²) in [6.45, 7) is 8.03. The average molecular weight is 249 g/mol. The van der Waals surface area contributed by atoms with Crippen LogP contribution in [-0.4, -0.2) is 12.6 Å². The molecule has 0 aliphatic heterocycles. The molecule has 2 atom stereocenters. The molecule has 1 aromatic rings. The van der Waals surface area contributed by atoms with E-state index in [1.54, 1.807) is 0 Å². The van der Waals surface area contributed by atoms with Gasteiger partial charge in [-0.25, -0.2) is 4.39 Å². The van der Waals surface area contributed by atoms with Crippen molar-refractivity contribution < 1.29 is 4.39 Å². The molecule has 1 aliphatic carbocycles. The molecule has 1 aromatic carbocycles. The lowest BCUT2D eigenvalue weighted by molar-refractivity contribution is 0.362. The van der Waals surface area contributed by atoms with Crippen LogP contribution in [0.2, 0.25) is 0 Å². The van der Waals surface area contributed by atoms with Crippen molar-refractivity contribution in [2.75, 3.05) is 6.54 Å². The standard InChI is InChI=1S/C16H24FN/c1-12-10-16(2,3)11-15(12)18-9-8-13-4-6-14(17)7-5-13/h4-7,12,15,18H,8-11H2,1-3H3. The average Bonchev–Trinajstić information content (AvgIpc) is 2.55. The van der Waals surface area contributed by atoms with Gasteiger partial charge in [-0.3, -0.25) is 0 Å². The van der Waals surface area contributed by atoms with Gasteiger partial charge in [-0.15, -0.1) is 0 Å². The Labute approximate surface area is 110 Å². The molecule has 0 saturated heterocycles. The summed E-state index contributed by atoms with van der Waals surface area (Å²) >= 11 is 0. The van der Waals surface area contributed by atoms with Gasteiger partial charge < -0.3 is 5.32 Å². The van der Waals surface area contributed by atoms with E-state index >= 15 is 0 Å². The van der Waals surface area contributed by atoms with Gasteiger partial charge in [0.05, 0.1) is 0 Å². The smallest absolute Gasteiger partial charge is 0.123 e. The minimum atomic E-state index is -0.155. The Morgan fingerprint density at radius 1 is 1.22 bits per heavy atom. The van der Waals surface area contributed by atoms with E-state index in [1.165, 1.54) is 30.5 Å². The largest absolute Gasteiger partial charge is 0.313 e. The molecule has 0 aromatic heterocycles. The van der Waals surface area contributed by atoms with E-state index in [-0.39, 0.29) is 5.82 Å². The number of hydrogen-bond acceptors (Lipinski definition) is 1. The third-order valence-electron chi connectivity index (χ3n) is 4.07. The van der Waals surface area contributed by atoms with Crippen LogP contribution >= 0.6 is 0 Å². The predicted molar refractivity (Wildman–Crippen MR) is 74.1 cm³/mol. The first-order valence-electron chi connectivity index (χ1n) is 6.94. The number of nitrogens with one attached hydrogen (secondary N) is 1. The van der Waals surface area contributed by atoms with Crippen LogP contribution < -0.4 is 5.32 Å². The Balaban J connectivity index is 1.77. The molecular formula is C16H24FN. The maximum absolute atomic E-state index is 12.8. The van der Waals surface area contributed by atoms with Crippen molar-refractivity contribution in [2.24, 2.45) is 11.3 Å². The maximum Gasteiger partial charge on any atom is 0.123 e. The molecule has 0 heterocycles. The molecule has 0 radical (unpaired) electrons. The summed E-state index contributed by atoms with van der Waals surface area (Å²) in [6.07, 6.45) is 3.54. The minimum absolute atomic E-state index is 0.155. The molecule has 0 amide bonds. The second-order valence-electron chi connectivity index (χ2n) is 6.49. The van der Waals surface area contributed by atoms with Crippen LogP contribution in [0.1, 0.15) is 39.2 Å². The van der Waals surface area contributed by atoms with Gasteiger partial charge >= 0.3 is 0 Å². The highest BCUT2D eigenvalue weighted by Gasteiger charge is 2.35. The summed E-state index contributed by atoms with van der Waals surface area (Å²) in [4.78, 5) is 0. The van der Waals surface area contributed by atoms with Crippen LogP contribution in [0.15, 0.2) is 24.3 Å². The van der Waals surface area contributed by atoms with Crippen molar-refractivity contribution >= 4 is 0 Å². The first kappa shape index (κ1) is 13.5. The zero-order chi connectivity index (χ0) is 13.2. The summed E-state index contributed by atoms with van der Waals surface area (Å²) in [6, 6.07) is 7.46. The van der Waals surface area contributed by atoms with Crippen LogP contribution in [0.5, 0.6) is 0 Å². The van der Waals surface area contributed by atoms with Crippen LogP contribution in [0.3, 0.4) is 0 Å². The summed E-state index contributed by atoms with van der Waals surface area (Å²) < 4.78 is 12.8. The zero-order valence-corrected chi connectivity index (χ0v) is 11.7. The number of halogens is 1. The van der Waals surface area contributed by atoms with Crippen LogP contribution in [-0.2, 0) is 6.42 Å². The lowest BCUT2D eigenvalue weighted by atomic mass is 9.91. The molecule has 1 nitrogen and oxygen atoms in total. The maximum atomic E-state index is 12.8. The molecule has 1 aliphatic rings. The van der Waals surface area contributed by atoms with Gasteiger partial charge in [0.1, 0.15) is 5.82 Å². The fourth-order valence-electron chi connectivity index (χ4n) is 3.22. The first-order chi connectivity index (χ1) is 8.46. The molecule has 1 fully saturated rings. The monoisotopic (exact) mass is 249 g/mol. The van der Waals surface area contributed by atoms with Gasteiger partial charge in [0.15, 0.2) is 0 Å². The molecule has 0 bridgehead atoms. The number of hydrogen-bond donors (Lipinski definition) is 1. The third-order valence-corrected chi connectivity index (χ3v) is 4.07. The molecule has 1 N–H and O–H groups in total. The highest BCUT2D eigenvalue weighted by atomic mass is 19.1. The van der Waals surface area contributed by atoms with Crippen LogP contribution in [0, 0.1) is 17.2 Å². The fourth-order valence-corrected chi connectivity index (χ4v) is 3.22. The summed E-state index contributed by atoms with van der Waals surface area (Å²) in [5.74, 6) is 0.603. The van der Waals surface area contributed by atoms with Crippen LogP contribution in [0.4, 0.5) is 4.39 Å². The first-order valence-corrected chi connectivity index (χ1v) is 6.94. The highest BCUT2D eigenvalue weighted by Crippen LogP contribution is 2.40. The van der Waals surface area contributed by atoms with E-state index in [4.69, 9.17) is 0 Å². The molecule has 100 valence electrons. The zero-order valence-electron chi connectivity index (χ0n) is 11.7. The van der Waals surface area contributed by atoms with Crippen molar-refractivity contribution in [3.05, 3.63) is 35.6 Å². The van der Waals surface area contributed by atoms with Gasteiger partial charge in [-0.1, -0.05) is 32.9 Å². The molecule has 18 heavy (non-hydrogen) atoms. The molecule has 2 rings (SSSR count). The molecule has 0 spiro atoms. The minimum Gasteiger partial charge on any atom is -0.313 e. The normalized spacial score (nSPS) is 26.4. The van der Waals surface area contributed by atoms with E-state index in [1.807, 2.05) is 12.1 Å². The Hall–Kier alpha value is -0.890. The van der Waals surface area contributed by atoms with E-state index in [0.29, 0.717) is 11.5 Å². The molecule has 1 saturated carbocycles. The summed E-state index contributed by atoms with van der Waals surface area (Å²) in [5.41, 5.74) is 1.68. The fraction of sp³-hybridized carbons (Fsp3) is 0.625.